The van der Waals surface area contributed by atoms with Gasteiger partial charge in [0.15, 0.2) is 0 Å². The number of likely N-dealkylation sites (tertiary alicyclic amines) is 1. The third kappa shape index (κ3) is 5.21. The summed E-state index contributed by atoms with van der Waals surface area (Å²) >= 11 is 0. The van der Waals surface area contributed by atoms with E-state index in [0.29, 0.717) is 18.5 Å². The van der Waals surface area contributed by atoms with Gasteiger partial charge in [-0.3, -0.25) is 19.4 Å². The van der Waals surface area contributed by atoms with Crippen LogP contribution < -0.4 is 10.0 Å². The molecular weight excluding hydrogens is 400 g/mol. The van der Waals surface area contributed by atoms with Gasteiger partial charge >= 0.3 is 0 Å². The van der Waals surface area contributed by atoms with Crippen molar-refractivity contribution in [3.63, 3.8) is 0 Å². The van der Waals surface area contributed by atoms with Crippen molar-refractivity contribution in [3.8, 4) is 0 Å². The van der Waals surface area contributed by atoms with Gasteiger partial charge in [0.25, 0.3) is 10.0 Å². The standard InChI is InChI=1S/C22H34N4O3S/c1-4-5-12-18(21(27)23-16-22(2,3)26-14-9-6-10-15-26)24-20-17-11-7-8-13-19(17)30(28,29)25-20/h7-8,11,13,18H,4-6,9-10,12,14-16H2,1-3H3,(H,23,27)(H,24,25). The number of carbonyl (C=O) groups excluding carboxylic acids is 1. The Morgan fingerprint density at radius 1 is 1.23 bits per heavy atom. The van der Waals surface area contributed by atoms with E-state index in [1.54, 1.807) is 24.3 Å². The highest BCUT2D eigenvalue weighted by atomic mass is 32.2. The highest BCUT2D eigenvalue weighted by molar-refractivity contribution is 7.90. The van der Waals surface area contributed by atoms with Gasteiger partial charge < -0.3 is 5.32 Å². The zero-order valence-electron chi connectivity index (χ0n) is 18.3. The lowest BCUT2D eigenvalue weighted by atomic mass is 9.98. The van der Waals surface area contributed by atoms with E-state index in [1.807, 2.05) is 0 Å². The number of piperidine rings is 1. The summed E-state index contributed by atoms with van der Waals surface area (Å²) in [6.45, 7) is 9.04. The third-order valence-corrected chi connectivity index (χ3v) is 7.39. The van der Waals surface area contributed by atoms with Crippen LogP contribution in [0.25, 0.3) is 0 Å². The number of fused-ring (bicyclic) bond motifs is 1. The SMILES string of the molecule is CCCCC(N=C1NS(=O)(=O)c2ccccc21)C(=O)NCC(C)(C)N1CCCCC1. The molecule has 2 aliphatic rings. The van der Waals surface area contributed by atoms with Crippen LogP contribution in [0.15, 0.2) is 34.2 Å². The van der Waals surface area contributed by atoms with Crippen LogP contribution >= 0.6 is 0 Å². The van der Waals surface area contributed by atoms with Gasteiger partial charge in [0.05, 0.1) is 4.90 Å². The monoisotopic (exact) mass is 434 g/mol. The topological polar surface area (TPSA) is 90.9 Å². The Hall–Kier alpha value is -1.93. The molecule has 1 atom stereocenters. The molecule has 166 valence electrons. The summed E-state index contributed by atoms with van der Waals surface area (Å²) in [6, 6.07) is 6.12. The van der Waals surface area contributed by atoms with Crippen molar-refractivity contribution in [2.45, 2.75) is 75.8 Å². The lowest BCUT2D eigenvalue weighted by molar-refractivity contribution is -0.123. The lowest BCUT2D eigenvalue weighted by Crippen LogP contribution is -2.54. The first-order valence-corrected chi connectivity index (χ1v) is 12.5. The highest BCUT2D eigenvalue weighted by Crippen LogP contribution is 2.23. The molecule has 1 aromatic carbocycles. The van der Waals surface area contributed by atoms with Gasteiger partial charge in [-0.25, -0.2) is 8.42 Å². The molecule has 1 unspecified atom stereocenters. The maximum Gasteiger partial charge on any atom is 0.263 e. The predicted octanol–water partition coefficient (Wildman–Crippen LogP) is 2.66. The summed E-state index contributed by atoms with van der Waals surface area (Å²) in [6.07, 6.45) is 6.04. The van der Waals surface area contributed by atoms with Crippen molar-refractivity contribution < 1.29 is 13.2 Å². The van der Waals surface area contributed by atoms with Crippen LogP contribution in [0.3, 0.4) is 0 Å². The first kappa shape index (κ1) is 22.7. The molecule has 0 spiro atoms. The Kier molecular flexibility index (Phi) is 7.18. The number of hydrogen-bond acceptors (Lipinski definition) is 5. The molecule has 0 bridgehead atoms. The Morgan fingerprint density at radius 3 is 2.63 bits per heavy atom. The summed E-state index contributed by atoms with van der Waals surface area (Å²) < 4.78 is 27.2. The largest absolute Gasteiger partial charge is 0.352 e. The number of nitrogens with zero attached hydrogens (tertiary/aromatic N) is 2. The quantitative estimate of drug-likeness (QED) is 0.658. The molecule has 1 amide bonds. The van der Waals surface area contributed by atoms with Crippen molar-refractivity contribution >= 4 is 21.8 Å². The number of nitrogens with one attached hydrogen (secondary N) is 2. The smallest absolute Gasteiger partial charge is 0.263 e. The summed E-state index contributed by atoms with van der Waals surface area (Å²) in [5, 5.41) is 3.08. The Labute approximate surface area is 180 Å². The highest BCUT2D eigenvalue weighted by Gasteiger charge is 2.33. The van der Waals surface area contributed by atoms with Gasteiger partial charge in [-0.2, -0.15) is 0 Å². The Balaban J connectivity index is 1.74. The zero-order chi connectivity index (χ0) is 21.8. The van der Waals surface area contributed by atoms with E-state index < -0.39 is 16.1 Å². The maximum atomic E-state index is 13.0. The first-order chi connectivity index (χ1) is 14.2. The molecule has 7 nitrogen and oxygen atoms in total. The molecule has 1 aromatic rings. The average Bonchev–Trinajstić information content (AvgIpc) is 3.00. The van der Waals surface area contributed by atoms with Crippen molar-refractivity contribution in [1.82, 2.24) is 14.9 Å². The van der Waals surface area contributed by atoms with Crippen molar-refractivity contribution in [1.29, 1.82) is 0 Å². The molecule has 1 saturated heterocycles. The molecule has 0 radical (unpaired) electrons. The van der Waals surface area contributed by atoms with E-state index in [0.717, 1.165) is 25.9 Å². The minimum absolute atomic E-state index is 0.125. The fourth-order valence-electron chi connectivity index (χ4n) is 4.07. The molecule has 1 fully saturated rings. The molecule has 0 aromatic heterocycles. The first-order valence-electron chi connectivity index (χ1n) is 11.0. The van der Waals surface area contributed by atoms with E-state index in [9.17, 15) is 13.2 Å². The van der Waals surface area contributed by atoms with Crippen molar-refractivity contribution in [2.24, 2.45) is 4.99 Å². The van der Waals surface area contributed by atoms with Gasteiger partial charge in [0, 0.05) is 17.6 Å². The van der Waals surface area contributed by atoms with Crippen LogP contribution in [0.4, 0.5) is 0 Å². The van der Waals surface area contributed by atoms with Crippen molar-refractivity contribution in [2.75, 3.05) is 19.6 Å². The van der Waals surface area contributed by atoms with Crippen LogP contribution in [0, 0.1) is 0 Å². The number of benzene rings is 1. The number of amides is 1. The maximum absolute atomic E-state index is 13.0. The van der Waals surface area contributed by atoms with Gasteiger partial charge in [-0.05, 0) is 58.3 Å². The Morgan fingerprint density at radius 2 is 1.93 bits per heavy atom. The fraction of sp³-hybridized carbons (Fsp3) is 0.636. The van der Waals surface area contributed by atoms with Crippen LogP contribution in [-0.2, 0) is 14.8 Å². The minimum Gasteiger partial charge on any atom is -0.352 e. The summed E-state index contributed by atoms with van der Waals surface area (Å²) in [7, 11) is -3.62. The molecule has 8 heteroatoms. The van der Waals surface area contributed by atoms with Gasteiger partial charge in [-0.1, -0.05) is 38.3 Å². The summed E-state index contributed by atoms with van der Waals surface area (Å²) in [4.78, 5) is 20.2. The Bertz CT molecular complexity index is 889. The minimum atomic E-state index is -3.62. The van der Waals surface area contributed by atoms with Crippen LogP contribution in [0.2, 0.25) is 0 Å². The summed E-state index contributed by atoms with van der Waals surface area (Å²) in [5.41, 5.74) is 0.403. The summed E-state index contributed by atoms with van der Waals surface area (Å²) in [5.74, 6) is 0.113. The van der Waals surface area contributed by atoms with Crippen LogP contribution in [-0.4, -0.2) is 56.3 Å². The zero-order valence-corrected chi connectivity index (χ0v) is 19.1. The molecular formula is C22H34N4O3S. The normalized spacial score (nSPS) is 21.1. The average molecular weight is 435 g/mol. The molecule has 3 rings (SSSR count). The lowest BCUT2D eigenvalue weighted by Gasteiger charge is -2.41. The van der Waals surface area contributed by atoms with Gasteiger partial charge in [0.2, 0.25) is 5.91 Å². The number of sulfonamides is 1. The van der Waals surface area contributed by atoms with Gasteiger partial charge in [-0.15, -0.1) is 0 Å². The molecule has 2 heterocycles. The second-order valence-electron chi connectivity index (χ2n) is 8.82. The van der Waals surface area contributed by atoms with Crippen LogP contribution in [0.1, 0.15) is 64.9 Å². The molecule has 0 aliphatic carbocycles. The molecule has 2 aliphatic heterocycles. The van der Waals surface area contributed by atoms with Gasteiger partial charge in [0.1, 0.15) is 11.9 Å². The molecule has 30 heavy (non-hydrogen) atoms. The number of carbonyl (C=O) groups is 1. The molecule has 2 N–H and O–H groups in total. The van der Waals surface area contributed by atoms with E-state index in [-0.39, 0.29) is 22.2 Å². The van der Waals surface area contributed by atoms with Crippen LogP contribution in [0.5, 0.6) is 0 Å². The number of amidine groups is 1. The third-order valence-electron chi connectivity index (χ3n) is 5.99. The number of rotatable bonds is 8. The molecule has 0 saturated carbocycles. The fourth-order valence-corrected chi connectivity index (χ4v) is 5.31. The number of unbranched alkanes of at least 4 members (excludes halogenated alkanes) is 1. The number of hydrogen-bond donors (Lipinski definition) is 2. The van der Waals surface area contributed by atoms with E-state index >= 15 is 0 Å². The second kappa shape index (κ2) is 9.47. The van der Waals surface area contributed by atoms with E-state index in [1.165, 1.54) is 19.3 Å². The predicted molar refractivity (Wildman–Crippen MR) is 119 cm³/mol. The second-order valence-corrected chi connectivity index (χ2v) is 10.5. The van der Waals surface area contributed by atoms with Crippen molar-refractivity contribution in [3.05, 3.63) is 29.8 Å². The van der Waals surface area contributed by atoms with E-state index in [2.05, 4.69) is 40.7 Å². The number of aliphatic imine (C=N–C) groups is 1. The van der Waals surface area contributed by atoms with E-state index in [4.69, 9.17) is 0 Å².